The molecule has 0 bridgehead atoms. The van der Waals surface area contributed by atoms with Gasteiger partial charge in [-0.05, 0) is 29.8 Å². The monoisotopic (exact) mass is 383 g/mol. The van der Waals surface area contributed by atoms with E-state index in [0.29, 0.717) is 18.7 Å². The molecule has 2 amide bonds. The van der Waals surface area contributed by atoms with E-state index in [1.165, 1.54) is 0 Å². The predicted molar refractivity (Wildman–Crippen MR) is 113 cm³/mol. The third-order valence-corrected chi connectivity index (χ3v) is 4.70. The van der Waals surface area contributed by atoms with Crippen LogP contribution in [0.4, 0.5) is 5.69 Å². The van der Waals surface area contributed by atoms with E-state index >= 15 is 0 Å². The molecule has 0 saturated carbocycles. The highest BCUT2D eigenvalue weighted by Crippen LogP contribution is 2.13. The Bertz CT molecular complexity index is 785. The standard InChI is InChI=1S/C22H30N4O2/c1-23-22(28)19-10-6-17(7-11-19)14-25(4)16-21(27)26(5)15-18-8-12-20(13-9-18)24(2)3/h6-13H,14-16H2,1-5H3,(H,23,28)/p+1. The van der Waals surface area contributed by atoms with Gasteiger partial charge in [-0.15, -0.1) is 0 Å². The smallest absolute Gasteiger partial charge is 0.277 e. The largest absolute Gasteiger partial charge is 0.378 e. The Morgan fingerprint density at radius 2 is 1.50 bits per heavy atom. The molecule has 2 rings (SSSR count). The van der Waals surface area contributed by atoms with Crippen molar-refractivity contribution < 1.29 is 14.5 Å². The highest BCUT2D eigenvalue weighted by molar-refractivity contribution is 5.93. The summed E-state index contributed by atoms with van der Waals surface area (Å²) in [5.41, 5.74) is 3.99. The molecule has 2 N–H and O–H groups in total. The number of benzene rings is 2. The molecule has 6 heteroatoms. The Balaban J connectivity index is 1.86. The lowest BCUT2D eigenvalue weighted by molar-refractivity contribution is -0.885. The van der Waals surface area contributed by atoms with E-state index in [1.54, 1.807) is 11.9 Å². The molecule has 1 unspecified atom stereocenters. The van der Waals surface area contributed by atoms with Crippen molar-refractivity contribution >= 4 is 17.5 Å². The van der Waals surface area contributed by atoms with E-state index in [0.717, 1.165) is 28.3 Å². The fourth-order valence-corrected chi connectivity index (χ4v) is 2.98. The summed E-state index contributed by atoms with van der Waals surface area (Å²) >= 11 is 0. The van der Waals surface area contributed by atoms with E-state index in [9.17, 15) is 9.59 Å². The number of likely N-dealkylation sites (N-methyl/N-ethyl adjacent to an activating group) is 2. The molecule has 0 aliphatic heterocycles. The second-order valence-electron chi connectivity index (χ2n) is 7.40. The molecular weight excluding hydrogens is 352 g/mol. The van der Waals surface area contributed by atoms with Gasteiger partial charge >= 0.3 is 0 Å². The fraction of sp³-hybridized carbons (Fsp3) is 0.364. The number of hydrogen-bond donors (Lipinski definition) is 2. The quantitative estimate of drug-likeness (QED) is 0.709. The van der Waals surface area contributed by atoms with Crippen LogP contribution in [-0.2, 0) is 17.9 Å². The summed E-state index contributed by atoms with van der Waals surface area (Å²) in [5.74, 6) is 0.0128. The number of nitrogens with one attached hydrogen (secondary N) is 2. The van der Waals surface area contributed by atoms with Crippen LogP contribution in [0.5, 0.6) is 0 Å². The first-order valence-electron chi connectivity index (χ1n) is 9.42. The molecule has 0 aliphatic carbocycles. The van der Waals surface area contributed by atoms with Gasteiger partial charge in [-0.25, -0.2) is 0 Å². The van der Waals surface area contributed by atoms with Crippen LogP contribution in [0, 0.1) is 0 Å². The van der Waals surface area contributed by atoms with Crippen LogP contribution in [0.25, 0.3) is 0 Å². The summed E-state index contributed by atoms with van der Waals surface area (Å²) in [6, 6.07) is 15.7. The molecule has 0 fully saturated rings. The second kappa shape index (κ2) is 9.90. The zero-order chi connectivity index (χ0) is 20.7. The molecule has 2 aromatic rings. The normalized spacial score (nSPS) is 11.6. The zero-order valence-corrected chi connectivity index (χ0v) is 17.5. The van der Waals surface area contributed by atoms with Crippen LogP contribution in [0.2, 0.25) is 0 Å². The third-order valence-electron chi connectivity index (χ3n) is 4.70. The van der Waals surface area contributed by atoms with Gasteiger partial charge in [-0.2, -0.15) is 0 Å². The second-order valence-corrected chi connectivity index (χ2v) is 7.40. The van der Waals surface area contributed by atoms with Crippen LogP contribution in [0.3, 0.4) is 0 Å². The van der Waals surface area contributed by atoms with Gasteiger partial charge in [0.2, 0.25) is 0 Å². The average molecular weight is 384 g/mol. The van der Waals surface area contributed by atoms with Crippen molar-refractivity contribution in [1.82, 2.24) is 10.2 Å². The van der Waals surface area contributed by atoms with E-state index in [-0.39, 0.29) is 11.8 Å². The Morgan fingerprint density at radius 1 is 0.929 bits per heavy atom. The summed E-state index contributed by atoms with van der Waals surface area (Å²) in [6.45, 7) is 1.75. The molecule has 0 radical (unpaired) electrons. The number of rotatable bonds is 8. The Kier molecular flexibility index (Phi) is 7.58. The lowest BCUT2D eigenvalue weighted by Crippen LogP contribution is -3.08. The molecule has 0 saturated heterocycles. The zero-order valence-electron chi connectivity index (χ0n) is 17.5. The average Bonchev–Trinajstić information content (AvgIpc) is 2.68. The number of anilines is 1. The molecule has 0 aromatic heterocycles. The van der Waals surface area contributed by atoms with Gasteiger partial charge in [0.15, 0.2) is 6.54 Å². The van der Waals surface area contributed by atoms with E-state index < -0.39 is 0 Å². The number of carbonyl (C=O) groups excluding carboxylic acids is 2. The van der Waals surface area contributed by atoms with E-state index in [2.05, 4.69) is 34.5 Å². The molecule has 0 spiro atoms. The van der Waals surface area contributed by atoms with Gasteiger partial charge in [-0.3, -0.25) is 9.59 Å². The summed E-state index contributed by atoms with van der Waals surface area (Å²) in [5, 5.41) is 2.61. The Labute approximate surface area is 167 Å². The minimum Gasteiger partial charge on any atom is -0.378 e. The molecule has 2 aromatic carbocycles. The Morgan fingerprint density at radius 3 is 2.04 bits per heavy atom. The van der Waals surface area contributed by atoms with E-state index in [4.69, 9.17) is 0 Å². The number of nitrogens with zero attached hydrogens (tertiary/aromatic N) is 2. The van der Waals surface area contributed by atoms with Crippen molar-refractivity contribution in [2.75, 3.05) is 46.7 Å². The maximum absolute atomic E-state index is 12.5. The number of quaternary nitrogens is 1. The number of carbonyl (C=O) groups is 2. The van der Waals surface area contributed by atoms with Gasteiger partial charge in [0, 0.05) is 51.5 Å². The minimum absolute atomic E-state index is 0.0948. The van der Waals surface area contributed by atoms with Crippen molar-refractivity contribution in [3.05, 3.63) is 65.2 Å². The first kappa shape index (κ1) is 21.4. The van der Waals surface area contributed by atoms with Gasteiger partial charge in [0.25, 0.3) is 11.8 Å². The highest BCUT2D eigenvalue weighted by atomic mass is 16.2. The summed E-state index contributed by atoms with van der Waals surface area (Å²) < 4.78 is 0. The summed E-state index contributed by atoms with van der Waals surface area (Å²) in [6.07, 6.45) is 0. The lowest BCUT2D eigenvalue weighted by Gasteiger charge is -2.21. The van der Waals surface area contributed by atoms with Gasteiger partial charge in [0.05, 0.1) is 7.05 Å². The maximum Gasteiger partial charge on any atom is 0.277 e. The SMILES string of the molecule is CNC(=O)c1ccc(C[NH+](C)CC(=O)N(C)Cc2ccc(N(C)C)cc2)cc1. The molecule has 0 heterocycles. The van der Waals surface area contributed by atoms with Crippen LogP contribution in [-0.4, -0.2) is 58.5 Å². The number of hydrogen-bond acceptors (Lipinski definition) is 3. The van der Waals surface area contributed by atoms with Gasteiger partial charge < -0.3 is 20.0 Å². The summed E-state index contributed by atoms with van der Waals surface area (Å²) in [4.78, 5) is 29.1. The number of amides is 2. The minimum atomic E-state index is -0.0948. The maximum atomic E-state index is 12.5. The Hall–Kier alpha value is -2.86. The van der Waals surface area contributed by atoms with Crippen LogP contribution >= 0.6 is 0 Å². The van der Waals surface area contributed by atoms with Crippen molar-refractivity contribution in [2.45, 2.75) is 13.1 Å². The fourth-order valence-electron chi connectivity index (χ4n) is 2.98. The van der Waals surface area contributed by atoms with Crippen molar-refractivity contribution in [3.8, 4) is 0 Å². The predicted octanol–water partition coefficient (Wildman–Crippen LogP) is 0.786. The highest BCUT2D eigenvalue weighted by Gasteiger charge is 2.15. The lowest BCUT2D eigenvalue weighted by atomic mass is 10.1. The molecule has 1 atom stereocenters. The third kappa shape index (κ3) is 6.09. The van der Waals surface area contributed by atoms with Gasteiger partial charge in [-0.1, -0.05) is 24.3 Å². The molecule has 6 nitrogen and oxygen atoms in total. The first-order valence-corrected chi connectivity index (χ1v) is 9.42. The van der Waals surface area contributed by atoms with Crippen LogP contribution < -0.4 is 15.1 Å². The molecular formula is C22H31N4O2+. The van der Waals surface area contributed by atoms with E-state index in [1.807, 2.05) is 52.5 Å². The molecule has 0 aliphatic rings. The van der Waals surface area contributed by atoms with Crippen molar-refractivity contribution in [3.63, 3.8) is 0 Å². The molecule has 150 valence electrons. The first-order chi connectivity index (χ1) is 13.3. The van der Waals surface area contributed by atoms with Gasteiger partial charge in [0.1, 0.15) is 6.54 Å². The van der Waals surface area contributed by atoms with Crippen molar-refractivity contribution in [2.24, 2.45) is 0 Å². The summed E-state index contributed by atoms with van der Waals surface area (Å²) in [7, 11) is 9.48. The van der Waals surface area contributed by atoms with Crippen molar-refractivity contribution in [1.29, 1.82) is 0 Å². The van der Waals surface area contributed by atoms with Crippen LogP contribution in [0.15, 0.2) is 48.5 Å². The topological polar surface area (TPSA) is 57.1 Å². The van der Waals surface area contributed by atoms with Crippen LogP contribution in [0.1, 0.15) is 21.5 Å². The molecule has 28 heavy (non-hydrogen) atoms.